The fourth-order valence-electron chi connectivity index (χ4n) is 3.05. The number of amides is 1. The van der Waals surface area contributed by atoms with Crippen LogP contribution in [0.15, 0.2) is 42.7 Å². The van der Waals surface area contributed by atoms with E-state index in [1.165, 1.54) is 21.6 Å². The highest BCUT2D eigenvalue weighted by Crippen LogP contribution is 2.29. The van der Waals surface area contributed by atoms with Crippen LogP contribution in [0.5, 0.6) is 0 Å². The number of nitrogens with zero attached hydrogens (tertiary/aromatic N) is 5. The maximum atomic E-state index is 12.9. The number of hydrogen-bond acceptors (Lipinski definition) is 5. The largest absolute Gasteiger partial charge is 0.416 e. The van der Waals surface area contributed by atoms with Crippen molar-refractivity contribution in [1.82, 2.24) is 19.6 Å². The Hall–Kier alpha value is -3.70. The highest BCUT2D eigenvalue weighted by molar-refractivity contribution is 5.92. The van der Waals surface area contributed by atoms with Gasteiger partial charge in [-0.25, -0.2) is 0 Å². The minimum atomic E-state index is -4.44. The highest BCUT2D eigenvalue weighted by Gasteiger charge is 2.30. The molecule has 0 saturated heterocycles. The van der Waals surface area contributed by atoms with Crippen LogP contribution in [0.1, 0.15) is 36.2 Å². The Kier molecular flexibility index (Phi) is 6.09. The molecule has 1 atom stereocenters. The smallest absolute Gasteiger partial charge is 0.307 e. The zero-order chi connectivity index (χ0) is 22.8. The second-order valence-electron chi connectivity index (χ2n) is 6.88. The number of aromatic nitrogens is 4. The van der Waals surface area contributed by atoms with Gasteiger partial charge in [-0.15, -0.1) is 0 Å². The first-order valence-corrected chi connectivity index (χ1v) is 9.28. The summed E-state index contributed by atoms with van der Waals surface area (Å²) < 4.78 is 41.4. The van der Waals surface area contributed by atoms with Gasteiger partial charge >= 0.3 is 11.9 Å². The van der Waals surface area contributed by atoms with E-state index in [9.17, 15) is 28.1 Å². The molecule has 3 rings (SSSR count). The summed E-state index contributed by atoms with van der Waals surface area (Å²) in [5.41, 5.74) is 0.0690. The summed E-state index contributed by atoms with van der Waals surface area (Å²) in [7, 11) is 0. The lowest BCUT2D eigenvalue weighted by Crippen LogP contribution is -2.26. The summed E-state index contributed by atoms with van der Waals surface area (Å²) in [6.07, 6.45) is -1.88. The molecule has 3 aromatic rings. The first-order valence-electron chi connectivity index (χ1n) is 9.28. The van der Waals surface area contributed by atoms with Crippen LogP contribution in [-0.4, -0.2) is 30.4 Å². The van der Waals surface area contributed by atoms with Crippen LogP contribution < -0.4 is 5.32 Å². The van der Waals surface area contributed by atoms with Gasteiger partial charge in [0.25, 0.3) is 0 Å². The molecule has 1 N–H and O–H groups in total. The molecule has 164 valence electrons. The van der Waals surface area contributed by atoms with E-state index in [4.69, 9.17) is 0 Å². The third-order valence-corrected chi connectivity index (χ3v) is 4.63. The van der Waals surface area contributed by atoms with Crippen molar-refractivity contribution in [3.8, 4) is 0 Å². The fourth-order valence-corrected chi connectivity index (χ4v) is 3.05. The van der Waals surface area contributed by atoms with Gasteiger partial charge in [-0.05, 0) is 31.0 Å². The van der Waals surface area contributed by atoms with Gasteiger partial charge in [0.1, 0.15) is 18.4 Å². The number of alkyl halides is 3. The molecule has 0 spiro atoms. The van der Waals surface area contributed by atoms with Gasteiger partial charge in [-0.3, -0.25) is 24.3 Å². The van der Waals surface area contributed by atoms with Crippen molar-refractivity contribution < 1.29 is 22.9 Å². The van der Waals surface area contributed by atoms with E-state index in [-0.39, 0.29) is 18.1 Å². The second kappa shape index (κ2) is 8.58. The van der Waals surface area contributed by atoms with E-state index < -0.39 is 28.6 Å². The molecule has 0 aliphatic rings. The maximum Gasteiger partial charge on any atom is 0.416 e. The number of nitro groups is 1. The number of rotatable bonds is 7. The molecular weight excluding hydrogens is 417 g/mol. The molecule has 0 aliphatic heterocycles. The number of carbonyl (C=O) groups is 1. The Morgan fingerprint density at radius 2 is 2.06 bits per heavy atom. The first kappa shape index (κ1) is 22.0. The van der Waals surface area contributed by atoms with Crippen LogP contribution >= 0.6 is 0 Å². The standard InChI is InChI=1S/C19H19F3N6O3/c1-3-16(27-11-15(9-23-27)28(30)31)18(29)24-17-7-12(2)26(25-17)10-13-5-4-6-14(8-13)19(20,21)22/h4-9,11,16H,3,10H2,1-2H3,(H,24,25,29). The summed E-state index contributed by atoms with van der Waals surface area (Å²) in [4.78, 5) is 22.9. The molecule has 1 unspecified atom stereocenters. The average molecular weight is 436 g/mol. The van der Waals surface area contributed by atoms with Gasteiger partial charge in [0.2, 0.25) is 5.91 Å². The Morgan fingerprint density at radius 3 is 2.68 bits per heavy atom. The van der Waals surface area contributed by atoms with Crippen molar-refractivity contribution in [2.24, 2.45) is 0 Å². The zero-order valence-corrected chi connectivity index (χ0v) is 16.6. The van der Waals surface area contributed by atoms with E-state index >= 15 is 0 Å². The predicted octanol–water partition coefficient (Wildman–Crippen LogP) is 3.95. The van der Waals surface area contributed by atoms with Crippen LogP contribution in [0.4, 0.5) is 24.7 Å². The molecule has 9 nitrogen and oxygen atoms in total. The van der Waals surface area contributed by atoms with Crippen molar-refractivity contribution in [1.29, 1.82) is 0 Å². The SMILES string of the molecule is CCC(C(=O)Nc1cc(C)n(Cc2cccc(C(F)(F)F)c2)n1)n1cc([N+](=O)[O-])cn1. The Labute approximate surface area is 174 Å². The number of benzene rings is 1. The summed E-state index contributed by atoms with van der Waals surface area (Å²) in [6, 6.07) is 5.74. The van der Waals surface area contributed by atoms with E-state index in [2.05, 4.69) is 15.5 Å². The van der Waals surface area contributed by atoms with E-state index in [1.54, 1.807) is 26.0 Å². The lowest BCUT2D eigenvalue weighted by molar-refractivity contribution is -0.385. The van der Waals surface area contributed by atoms with Crippen molar-refractivity contribution in [2.45, 2.75) is 39.0 Å². The quantitative estimate of drug-likeness (QED) is 0.446. The minimum Gasteiger partial charge on any atom is -0.307 e. The molecule has 2 aromatic heterocycles. The summed E-state index contributed by atoms with van der Waals surface area (Å²) >= 11 is 0. The molecule has 0 aliphatic carbocycles. The molecule has 0 bridgehead atoms. The molecule has 1 amide bonds. The molecule has 1 aromatic carbocycles. The molecule has 31 heavy (non-hydrogen) atoms. The summed E-state index contributed by atoms with van der Waals surface area (Å²) in [5.74, 6) is -0.251. The summed E-state index contributed by atoms with van der Waals surface area (Å²) in [5, 5.41) is 21.6. The number of nitrogens with one attached hydrogen (secondary N) is 1. The highest BCUT2D eigenvalue weighted by atomic mass is 19.4. The number of halogens is 3. The molecule has 0 saturated carbocycles. The van der Waals surface area contributed by atoms with Gasteiger partial charge in [-0.1, -0.05) is 19.1 Å². The number of anilines is 1. The lowest BCUT2D eigenvalue weighted by atomic mass is 10.1. The predicted molar refractivity (Wildman–Crippen MR) is 104 cm³/mol. The van der Waals surface area contributed by atoms with E-state index in [0.29, 0.717) is 17.7 Å². The third-order valence-electron chi connectivity index (χ3n) is 4.63. The Bertz CT molecular complexity index is 1110. The van der Waals surface area contributed by atoms with Crippen molar-refractivity contribution in [3.63, 3.8) is 0 Å². The van der Waals surface area contributed by atoms with E-state index in [0.717, 1.165) is 18.3 Å². The molecule has 0 fully saturated rings. The second-order valence-corrected chi connectivity index (χ2v) is 6.88. The number of hydrogen-bond donors (Lipinski definition) is 1. The molecule has 0 radical (unpaired) electrons. The van der Waals surface area contributed by atoms with Gasteiger partial charge in [-0.2, -0.15) is 23.4 Å². The Balaban J connectivity index is 1.74. The normalized spacial score (nSPS) is 12.5. The van der Waals surface area contributed by atoms with Crippen LogP contribution in [0.2, 0.25) is 0 Å². The van der Waals surface area contributed by atoms with Crippen LogP contribution in [-0.2, 0) is 17.5 Å². The van der Waals surface area contributed by atoms with Gasteiger partial charge in [0.05, 0.1) is 17.0 Å². The average Bonchev–Trinajstić information content (AvgIpc) is 3.29. The van der Waals surface area contributed by atoms with Gasteiger partial charge in [0.15, 0.2) is 5.82 Å². The van der Waals surface area contributed by atoms with Gasteiger partial charge in [0, 0.05) is 11.8 Å². The maximum absolute atomic E-state index is 12.9. The zero-order valence-electron chi connectivity index (χ0n) is 16.6. The van der Waals surface area contributed by atoms with Crippen LogP contribution in [0.25, 0.3) is 0 Å². The fraction of sp³-hybridized carbons (Fsp3) is 0.316. The monoisotopic (exact) mass is 436 g/mol. The van der Waals surface area contributed by atoms with Gasteiger partial charge < -0.3 is 5.32 Å². The minimum absolute atomic E-state index is 0.0914. The van der Waals surface area contributed by atoms with Crippen molar-refractivity contribution in [3.05, 3.63) is 69.7 Å². The molecular formula is C19H19F3N6O3. The van der Waals surface area contributed by atoms with Crippen LogP contribution in [0.3, 0.4) is 0 Å². The van der Waals surface area contributed by atoms with Crippen molar-refractivity contribution in [2.75, 3.05) is 5.32 Å². The lowest BCUT2D eigenvalue weighted by Gasteiger charge is -2.14. The topological polar surface area (TPSA) is 108 Å². The molecule has 2 heterocycles. The summed E-state index contributed by atoms with van der Waals surface area (Å²) in [6.45, 7) is 3.54. The molecule has 12 heteroatoms. The van der Waals surface area contributed by atoms with E-state index in [1.807, 2.05) is 0 Å². The first-order chi connectivity index (χ1) is 14.6. The Morgan fingerprint density at radius 1 is 1.32 bits per heavy atom. The van der Waals surface area contributed by atoms with Crippen LogP contribution in [0, 0.1) is 17.0 Å². The van der Waals surface area contributed by atoms with Crippen molar-refractivity contribution >= 4 is 17.4 Å². The number of carbonyl (C=O) groups excluding carboxylic acids is 1. The third kappa shape index (κ3) is 5.08. The number of aryl methyl sites for hydroxylation is 1.